The summed E-state index contributed by atoms with van der Waals surface area (Å²) in [6.07, 6.45) is 7.20. The average molecular weight is 381 g/mol. The van der Waals surface area contributed by atoms with Crippen molar-refractivity contribution in [1.29, 1.82) is 0 Å². The molecule has 0 heterocycles. The highest BCUT2D eigenvalue weighted by atomic mass is 79.9. The number of carbonyl (C=O) groups is 1. The van der Waals surface area contributed by atoms with E-state index in [1.54, 1.807) is 0 Å². The Hall–Kier alpha value is -0.930. The van der Waals surface area contributed by atoms with Gasteiger partial charge in [0.05, 0.1) is 11.9 Å². The number of ether oxygens (including phenoxy) is 1. The molecule has 0 saturated heterocycles. The molecule has 1 aromatic rings. The molecule has 0 aliphatic heterocycles. The zero-order chi connectivity index (χ0) is 16.9. The van der Waals surface area contributed by atoms with Gasteiger partial charge in [0.15, 0.2) is 0 Å². The maximum atomic E-state index is 11.2. The van der Waals surface area contributed by atoms with Crippen molar-refractivity contribution in [2.24, 2.45) is 5.92 Å². The summed E-state index contributed by atoms with van der Waals surface area (Å²) in [5.74, 6) is 0.861. The molecule has 2 nitrogen and oxygen atoms in total. The van der Waals surface area contributed by atoms with E-state index in [0.717, 1.165) is 19.4 Å². The molecule has 0 fully saturated rings. The maximum Gasteiger partial charge on any atom is 0.143 e. The Bertz CT molecular complexity index is 468. The lowest BCUT2D eigenvalue weighted by Crippen LogP contribution is -2.06. The third-order valence-electron chi connectivity index (χ3n) is 3.85. The van der Waals surface area contributed by atoms with Gasteiger partial charge >= 0.3 is 0 Å². The molecule has 0 spiro atoms. The van der Waals surface area contributed by atoms with Crippen molar-refractivity contribution in [3.05, 3.63) is 47.5 Å². The second-order valence-corrected chi connectivity index (χ2v) is 6.82. The molecule has 0 bridgehead atoms. The predicted octanol–water partition coefficient (Wildman–Crippen LogP) is 5.70. The van der Waals surface area contributed by atoms with Crippen molar-refractivity contribution in [3.63, 3.8) is 0 Å². The van der Waals surface area contributed by atoms with Gasteiger partial charge in [0.1, 0.15) is 5.78 Å². The SMILES string of the molecule is C/C(=C\CCC(=O)CBr)CCCC(C)COCc1ccccc1. The number of rotatable bonds is 12. The quantitative estimate of drug-likeness (QED) is 0.343. The van der Waals surface area contributed by atoms with Gasteiger partial charge in [-0.05, 0) is 44.1 Å². The monoisotopic (exact) mass is 380 g/mol. The van der Waals surface area contributed by atoms with E-state index in [0.29, 0.717) is 24.3 Å². The second-order valence-electron chi connectivity index (χ2n) is 6.26. The molecule has 0 N–H and O–H groups in total. The Labute approximate surface area is 149 Å². The van der Waals surface area contributed by atoms with Gasteiger partial charge in [-0.15, -0.1) is 0 Å². The first kappa shape index (κ1) is 20.1. The molecule has 0 radical (unpaired) electrons. The number of hydrogen-bond acceptors (Lipinski definition) is 2. The molecule has 0 aromatic heterocycles. The largest absolute Gasteiger partial charge is 0.376 e. The first-order chi connectivity index (χ1) is 11.1. The van der Waals surface area contributed by atoms with Crippen LogP contribution in [0.15, 0.2) is 42.0 Å². The van der Waals surface area contributed by atoms with Crippen molar-refractivity contribution >= 4 is 21.7 Å². The van der Waals surface area contributed by atoms with Crippen LogP contribution >= 0.6 is 15.9 Å². The summed E-state index contributed by atoms with van der Waals surface area (Å²) in [5.41, 5.74) is 2.63. The molecular weight excluding hydrogens is 352 g/mol. The topological polar surface area (TPSA) is 26.3 Å². The molecule has 1 aromatic carbocycles. The van der Waals surface area contributed by atoms with Crippen LogP contribution in [0.1, 0.15) is 51.5 Å². The molecular formula is C20H29BrO2. The lowest BCUT2D eigenvalue weighted by atomic mass is 10.0. The highest BCUT2D eigenvalue weighted by Gasteiger charge is 2.03. The van der Waals surface area contributed by atoms with Gasteiger partial charge in [-0.25, -0.2) is 0 Å². The Kier molecular flexibility index (Phi) is 10.9. The van der Waals surface area contributed by atoms with Crippen molar-refractivity contribution in [2.75, 3.05) is 11.9 Å². The Morgan fingerprint density at radius 2 is 2.00 bits per heavy atom. The Balaban J connectivity index is 2.07. The molecule has 0 aliphatic rings. The zero-order valence-corrected chi connectivity index (χ0v) is 16.0. The fourth-order valence-corrected chi connectivity index (χ4v) is 2.69. The van der Waals surface area contributed by atoms with Crippen LogP contribution in [0.25, 0.3) is 0 Å². The van der Waals surface area contributed by atoms with Crippen molar-refractivity contribution in [2.45, 2.75) is 52.6 Å². The minimum atomic E-state index is 0.276. The van der Waals surface area contributed by atoms with Gasteiger partial charge in [-0.2, -0.15) is 0 Å². The smallest absolute Gasteiger partial charge is 0.143 e. The van der Waals surface area contributed by atoms with Crippen LogP contribution < -0.4 is 0 Å². The van der Waals surface area contributed by atoms with Crippen molar-refractivity contribution in [3.8, 4) is 0 Å². The van der Waals surface area contributed by atoms with Crippen molar-refractivity contribution < 1.29 is 9.53 Å². The molecule has 0 aliphatic carbocycles. The third-order valence-corrected chi connectivity index (χ3v) is 4.47. The van der Waals surface area contributed by atoms with E-state index in [1.807, 2.05) is 18.2 Å². The average Bonchev–Trinajstić information content (AvgIpc) is 2.55. The summed E-state index contributed by atoms with van der Waals surface area (Å²) in [7, 11) is 0. The van der Waals surface area contributed by atoms with Gasteiger partial charge < -0.3 is 4.74 Å². The van der Waals surface area contributed by atoms with E-state index in [9.17, 15) is 4.79 Å². The highest BCUT2D eigenvalue weighted by molar-refractivity contribution is 9.09. The van der Waals surface area contributed by atoms with E-state index >= 15 is 0 Å². The fourth-order valence-electron chi connectivity index (χ4n) is 2.41. The van der Waals surface area contributed by atoms with E-state index in [1.165, 1.54) is 24.0 Å². The highest BCUT2D eigenvalue weighted by Crippen LogP contribution is 2.14. The lowest BCUT2D eigenvalue weighted by Gasteiger charge is -2.12. The standard InChI is InChI=1S/C20H29BrO2/c1-17(9-7-13-20(22)14-21)8-6-10-18(2)15-23-16-19-11-4-3-5-12-19/h3-5,9,11-12,18H,6-8,10,13-16H2,1-2H3/b17-9+. The summed E-state index contributed by atoms with van der Waals surface area (Å²) in [4.78, 5) is 11.2. The normalized spacial score (nSPS) is 13.1. The lowest BCUT2D eigenvalue weighted by molar-refractivity contribution is -0.116. The number of halogens is 1. The fraction of sp³-hybridized carbons (Fsp3) is 0.550. The van der Waals surface area contributed by atoms with Crippen LogP contribution in [-0.2, 0) is 16.1 Å². The van der Waals surface area contributed by atoms with Gasteiger partial charge in [0.2, 0.25) is 0 Å². The summed E-state index contributed by atoms with van der Waals surface area (Å²) in [6.45, 7) is 5.93. The number of carbonyl (C=O) groups excluding carboxylic acids is 1. The summed E-state index contributed by atoms with van der Waals surface area (Å²) >= 11 is 3.19. The third kappa shape index (κ3) is 10.5. The van der Waals surface area contributed by atoms with Gasteiger partial charge in [0.25, 0.3) is 0 Å². The molecule has 0 saturated carbocycles. The van der Waals surface area contributed by atoms with Crippen LogP contribution in [0.2, 0.25) is 0 Å². The first-order valence-electron chi connectivity index (χ1n) is 8.46. The summed E-state index contributed by atoms with van der Waals surface area (Å²) in [5, 5.41) is 0.473. The first-order valence-corrected chi connectivity index (χ1v) is 9.59. The number of hydrogen-bond donors (Lipinski definition) is 0. The van der Waals surface area contributed by atoms with Gasteiger partial charge in [-0.3, -0.25) is 4.79 Å². The molecule has 3 heteroatoms. The number of ketones is 1. The summed E-state index contributed by atoms with van der Waals surface area (Å²) < 4.78 is 5.79. The van der Waals surface area contributed by atoms with Crippen LogP contribution in [0.3, 0.4) is 0 Å². The van der Waals surface area contributed by atoms with E-state index in [-0.39, 0.29) is 5.78 Å². The number of allylic oxidation sites excluding steroid dienone is 2. The predicted molar refractivity (Wildman–Crippen MR) is 101 cm³/mol. The van der Waals surface area contributed by atoms with Crippen LogP contribution in [0, 0.1) is 5.92 Å². The Morgan fingerprint density at radius 1 is 1.26 bits per heavy atom. The molecule has 23 heavy (non-hydrogen) atoms. The van der Waals surface area contributed by atoms with E-state index in [4.69, 9.17) is 4.74 Å². The van der Waals surface area contributed by atoms with Crippen LogP contribution in [0.4, 0.5) is 0 Å². The number of alkyl halides is 1. The zero-order valence-electron chi connectivity index (χ0n) is 14.4. The minimum absolute atomic E-state index is 0.276. The van der Waals surface area contributed by atoms with Crippen LogP contribution in [0.5, 0.6) is 0 Å². The van der Waals surface area contributed by atoms with Crippen molar-refractivity contribution in [1.82, 2.24) is 0 Å². The van der Waals surface area contributed by atoms with E-state index in [2.05, 4.69) is 48.0 Å². The molecule has 128 valence electrons. The Morgan fingerprint density at radius 3 is 2.70 bits per heavy atom. The number of benzene rings is 1. The van der Waals surface area contributed by atoms with Gasteiger partial charge in [0, 0.05) is 13.0 Å². The minimum Gasteiger partial charge on any atom is -0.376 e. The van der Waals surface area contributed by atoms with E-state index < -0.39 is 0 Å². The van der Waals surface area contributed by atoms with Gasteiger partial charge in [-0.1, -0.05) is 64.8 Å². The second kappa shape index (κ2) is 12.5. The molecule has 1 unspecified atom stereocenters. The molecule has 1 atom stereocenters. The molecule has 1 rings (SSSR count). The summed E-state index contributed by atoms with van der Waals surface area (Å²) in [6, 6.07) is 10.3. The molecule has 0 amide bonds. The number of Topliss-reactive ketones (excluding diaryl/α,β-unsaturated/α-hetero) is 1. The van der Waals surface area contributed by atoms with Crippen LogP contribution in [-0.4, -0.2) is 17.7 Å². The maximum absolute atomic E-state index is 11.2.